The van der Waals surface area contributed by atoms with Gasteiger partial charge in [-0.2, -0.15) is 0 Å². The molecule has 4 nitrogen and oxygen atoms in total. The van der Waals surface area contributed by atoms with E-state index in [2.05, 4.69) is 10.6 Å². The Bertz CT molecular complexity index is 294. The van der Waals surface area contributed by atoms with Gasteiger partial charge in [-0.25, -0.2) is 4.79 Å². The summed E-state index contributed by atoms with van der Waals surface area (Å²) in [6.45, 7) is 6.32. The first-order valence-corrected chi connectivity index (χ1v) is 7.05. The van der Waals surface area contributed by atoms with Crippen molar-refractivity contribution in [3.05, 3.63) is 0 Å². The van der Waals surface area contributed by atoms with Crippen LogP contribution in [0.15, 0.2) is 0 Å². The molecule has 1 amide bonds. The van der Waals surface area contributed by atoms with Crippen LogP contribution in [0.5, 0.6) is 0 Å². The normalized spacial score (nSPS) is 17.1. The van der Waals surface area contributed by atoms with E-state index in [-0.39, 0.29) is 0 Å². The van der Waals surface area contributed by atoms with E-state index in [0.29, 0.717) is 11.0 Å². The molecule has 0 aromatic rings. The average Bonchev–Trinajstić information content (AvgIpc) is 2.25. The molecular formula is C13H24N2O2S. The standard InChI is InChI=1S/C13H24N2O2S/c1-13(2,3)17-12(16)15-11(18)14-9-10-7-5-4-6-8-10/h10H,4-9H2,1-3H3,(H2,14,15,16,18). The average molecular weight is 272 g/mol. The zero-order chi connectivity index (χ0) is 13.6. The van der Waals surface area contributed by atoms with E-state index in [0.717, 1.165) is 6.54 Å². The molecule has 1 aliphatic rings. The van der Waals surface area contributed by atoms with Gasteiger partial charge in [0, 0.05) is 6.54 Å². The lowest BCUT2D eigenvalue weighted by atomic mass is 9.89. The van der Waals surface area contributed by atoms with E-state index in [1.54, 1.807) is 0 Å². The molecule has 0 unspecified atom stereocenters. The lowest BCUT2D eigenvalue weighted by Gasteiger charge is -2.23. The van der Waals surface area contributed by atoms with Gasteiger partial charge in [0.05, 0.1) is 0 Å². The number of carbonyl (C=O) groups excluding carboxylic acids is 1. The van der Waals surface area contributed by atoms with Gasteiger partial charge in [-0.3, -0.25) is 5.32 Å². The summed E-state index contributed by atoms with van der Waals surface area (Å²) in [4.78, 5) is 11.5. The molecule has 5 heteroatoms. The summed E-state index contributed by atoms with van der Waals surface area (Å²) in [6.07, 6.45) is 5.96. The van der Waals surface area contributed by atoms with Crippen molar-refractivity contribution >= 4 is 23.4 Å². The molecule has 1 rings (SSSR count). The summed E-state index contributed by atoms with van der Waals surface area (Å²) in [5, 5.41) is 5.98. The predicted molar refractivity (Wildman–Crippen MR) is 76.5 cm³/mol. The van der Waals surface area contributed by atoms with Crippen LogP contribution in [0.2, 0.25) is 0 Å². The van der Waals surface area contributed by atoms with Crippen LogP contribution in [0.4, 0.5) is 4.79 Å². The third kappa shape index (κ3) is 6.79. The van der Waals surface area contributed by atoms with E-state index < -0.39 is 11.7 Å². The van der Waals surface area contributed by atoms with Crippen molar-refractivity contribution in [2.24, 2.45) is 5.92 Å². The fourth-order valence-corrected chi connectivity index (χ4v) is 2.24. The number of nitrogens with one attached hydrogen (secondary N) is 2. The van der Waals surface area contributed by atoms with Gasteiger partial charge in [-0.05, 0) is 51.7 Å². The van der Waals surface area contributed by atoms with Crippen molar-refractivity contribution in [3.8, 4) is 0 Å². The lowest BCUT2D eigenvalue weighted by Crippen LogP contribution is -2.43. The first-order chi connectivity index (χ1) is 8.37. The minimum atomic E-state index is -0.497. The number of rotatable bonds is 2. The van der Waals surface area contributed by atoms with Gasteiger partial charge < -0.3 is 10.1 Å². The fraction of sp³-hybridized carbons (Fsp3) is 0.846. The Kier molecular flexibility index (Phi) is 5.85. The van der Waals surface area contributed by atoms with Crippen LogP contribution in [-0.4, -0.2) is 23.4 Å². The molecule has 1 aliphatic carbocycles. The second-order valence-electron chi connectivity index (χ2n) is 5.84. The molecule has 0 atom stereocenters. The molecule has 0 radical (unpaired) electrons. The molecule has 0 heterocycles. The van der Waals surface area contributed by atoms with E-state index >= 15 is 0 Å². The van der Waals surface area contributed by atoms with Gasteiger partial charge in [0.1, 0.15) is 5.60 Å². The van der Waals surface area contributed by atoms with Crippen molar-refractivity contribution in [1.29, 1.82) is 0 Å². The van der Waals surface area contributed by atoms with E-state index in [1.165, 1.54) is 32.1 Å². The topological polar surface area (TPSA) is 50.4 Å². The highest BCUT2D eigenvalue weighted by molar-refractivity contribution is 7.80. The van der Waals surface area contributed by atoms with Crippen LogP contribution in [0.3, 0.4) is 0 Å². The molecule has 18 heavy (non-hydrogen) atoms. The molecule has 0 aliphatic heterocycles. The molecule has 1 saturated carbocycles. The first-order valence-electron chi connectivity index (χ1n) is 6.64. The second-order valence-corrected chi connectivity index (χ2v) is 6.25. The zero-order valence-electron chi connectivity index (χ0n) is 11.5. The van der Waals surface area contributed by atoms with E-state index in [9.17, 15) is 4.79 Å². The number of amides is 1. The van der Waals surface area contributed by atoms with Gasteiger partial charge >= 0.3 is 6.09 Å². The van der Waals surface area contributed by atoms with Crippen molar-refractivity contribution < 1.29 is 9.53 Å². The largest absolute Gasteiger partial charge is 0.444 e. The summed E-state index contributed by atoms with van der Waals surface area (Å²) in [6, 6.07) is 0. The summed E-state index contributed by atoms with van der Waals surface area (Å²) in [7, 11) is 0. The molecular weight excluding hydrogens is 248 g/mol. The smallest absolute Gasteiger partial charge is 0.413 e. The van der Waals surface area contributed by atoms with Crippen LogP contribution in [-0.2, 0) is 4.74 Å². The van der Waals surface area contributed by atoms with E-state index in [1.807, 2.05) is 20.8 Å². The Balaban J connectivity index is 2.18. The Labute approximate surface area is 115 Å². The fourth-order valence-electron chi connectivity index (χ4n) is 2.07. The van der Waals surface area contributed by atoms with Crippen LogP contribution in [0.25, 0.3) is 0 Å². The van der Waals surface area contributed by atoms with Crippen molar-refractivity contribution in [2.75, 3.05) is 6.54 Å². The number of ether oxygens (including phenoxy) is 1. The first kappa shape index (κ1) is 15.2. The number of hydrogen-bond donors (Lipinski definition) is 2. The van der Waals surface area contributed by atoms with Gasteiger partial charge in [0.2, 0.25) is 0 Å². The van der Waals surface area contributed by atoms with Crippen molar-refractivity contribution in [2.45, 2.75) is 58.5 Å². The summed E-state index contributed by atoms with van der Waals surface area (Å²) < 4.78 is 5.12. The maximum absolute atomic E-state index is 11.5. The maximum atomic E-state index is 11.5. The van der Waals surface area contributed by atoms with Crippen LogP contribution in [0, 0.1) is 5.92 Å². The highest BCUT2D eigenvalue weighted by Crippen LogP contribution is 2.22. The Morgan fingerprint density at radius 1 is 1.28 bits per heavy atom. The molecule has 0 saturated heterocycles. The number of alkyl carbamates (subject to hydrolysis) is 1. The molecule has 0 bridgehead atoms. The monoisotopic (exact) mass is 272 g/mol. The summed E-state index contributed by atoms with van der Waals surface area (Å²) in [5.41, 5.74) is -0.497. The molecule has 104 valence electrons. The van der Waals surface area contributed by atoms with Crippen LogP contribution < -0.4 is 10.6 Å². The van der Waals surface area contributed by atoms with Crippen LogP contribution >= 0.6 is 12.2 Å². The molecule has 0 spiro atoms. The van der Waals surface area contributed by atoms with Crippen LogP contribution in [0.1, 0.15) is 52.9 Å². The molecule has 1 fully saturated rings. The second kappa shape index (κ2) is 6.92. The number of thiocarbonyl (C=S) groups is 1. The molecule has 0 aromatic carbocycles. The van der Waals surface area contributed by atoms with E-state index in [4.69, 9.17) is 17.0 Å². The van der Waals surface area contributed by atoms with Gasteiger partial charge in [-0.1, -0.05) is 19.3 Å². The number of hydrogen-bond acceptors (Lipinski definition) is 3. The Hall–Kier alpha value is -0.840. The lowest BCUT2D eigenvalue weighted by molar-refractivity contribution is 0.0562. The van der Waals surface area contributed by atoms with Gasteiger partial charge in [0.15, 0.2) is 5.11 Å². The van der Waals surface area contributed by atoms with Gasteiger partial charge in [0.25, 0.3) is 0 Å². The van der Waals surface area contributed by atoms with Gasteiger partial charge in [-0.15, -0.1) is 0 Å². The quantitative estimate of drug-likeness (QED) is 0.759. The Morgan fingerprint density at radius 2 is 1.89 bits per heavy atom. The van der Waals surface area contributed by atoms with Crippen molar-refractivity contribution in [1.82, 2.24) is 10.6 Å². The molecule has 2 N–H and O–H groups in total. The minimum absolute atomic E-state index is 0.356. The highest BCUT2D eigenvalue weighted by Gasteiger charge is 2.18. The highest BCUT2D eigenvalue weighted by atomic mass is 32.1. The Morgan fingerprint density at radius 3 is 2.44 bits per heavy atom. The maximum Gasteiger partial charge on any atom is 0.413 e. The SMILES string of the molecule is CC(C)(C)OC(=O)NC(=S)NCC1CCCCC1. The summed E-state index contributed by atoms with van der Waals surface area (Å²) >= 11 is 5.06. The zero-order valence-corrected chi connectivity index (χ0v) is 12.4. The number of carbonyl (C=O) groups is 1. The third-order valence-electron chi connectivity index (χ3n) is 2.89. The van der Waals surface area contributed by atoms with Crippen molar-refractivity contribution in [3.63, 3.8) is 0 Å². The minimum Gasteiger partial charge on any atom is -0.444 e. The molecule has 0 aromatic heterocycles. The third-order valence-corrected chi connectivity index (χ3v) is 3.14. The summed E-state index contributed by atoms with van der Waals surface area (Å²) in [5.74, 6) is 0.678. The predicted octanol–water partition coefficient (Wildman–Crippen LogP) is 2.97.